The fourth-order valence-corrected chi connectivity index (χ4v) is 1.84. The van der Waals surface area contributed by atoms with Crippen LogP contribution in [0.15, 0.2) is 22.7 Å². The van der Waals surface area contributed by atoms with Crippen LogP contribution in [0, 0.1) is 0 Å². The third kappa shape index (κ3) is 4.33. The Labute approximate surface area is 112 Å². The van der Waals surface area contributed by atoms with E-state index in [1.165, 1.54) is 12.1 Å². The third-order valence-corrected chi connectivity index (χ3v) is 2.82. The summed E-state index contributed by atoms with van der Waals surface area (Å²) >= 11 is 3.01. The Morgan fingerprint density at radius 2 is 2.06 bits per heavy atom. The van der Waals surface area contributed by atoms with Crippen molar-refractivity contribution in [2.45, 2.75) is 32.5 Å². The van der Waals surface area contributed by atoms with Gasteiger partial charge in [-0.2, -0.15) is 13.2 Å². The lowest BCUT2D eigenvalue weighted by Crippen LogP contribution is -2.24. The van der Waals surface area contributed by atoms with Gasteiger partial charge in [0.1, 0.15) is 0 Å². The largest absolute Gasteiger partial charge is 0.416 e. The zero-order valence-corrected chi connectivity index (χ0v) is 11.4. The fraction of sp³-hybridized carbons (Fsp3) is 0.417. The van der Waals surface area contributed by atoms with Crippen LogP contribution in [-0.4, -0.2) is 5.91 Å². The molecule has 0 saturated carbocycles. The summed E-state index contributed by atoms with van der Waals surface area (Å²) in [5, 5.41) is 2.48. The summed E-state index contributed by atoms with van der Waals surface area (Å²) in [7, 11) is 0. The Hall–Kier alpha value is -1.04. The lowest BCUT2D eigenvalue weighted by molar-refractivity contribution is -0.138. The Kier molecular flexibility index (Phi) is 5.19. The molecule has 1 N–H and O–H groups in total. The summed E-state index contributed by atoms with van der Waals surface area (Å²) in [6.07, 6.45) is -3.44. The first-order chi connectivity index (χ1) is 8.34. The highest BCUT2D eigenvalue weighted by Crippen LogP contribution is 2.33. The molecule has 1 amide bonds. The smallest absolute Gasteiger partial charge is 0.352 e. The summed E-state index contributed by atoms with van der Waals surface area (Å²) < 4.78 is 38.7. The molecule has 0 unspecified atom stereocenters. The lowest BCUT2D eigenvalue weighted by atomic mass is 10.1. The summed E-state index contributed by atoms with van der Waals surface area (Å²) in [5.74, 6) is -0.242. The minimum atomic E-state index is -4.42. The second-order valence-corrected chi connectivity index (χ2v) is 4.74. The molecule has 0 aliphatic heterocycles. The van der Waals surface area contributed by atoms with Crippen molar-refractivity contribution in [3.63, 3.8) is 0 Å². The second kappa shape index (κ2) is 6.22. The predicted octanol–water partition coefficient (Wildman–Crippen LogP) is 3.88. The minimum Gasteiger partial charge on any atom is -0.352 e. The van der Waals surface area contributed by atoms with Crippen LogP contribution >= 0.6 is 15.9 Å². The van der Waals surface area contributed by atoms with E-state index in [1.54, 1.807) is 0 Å². The van der Waals surface area contributed by atoms with Gasteiger partial charge in [-0.25, -0.2) is 0 Å². The standard InChI is InChI=1S/C12H13BrF3NO/c1-2-3-11(18)17-7-8-4-5-9(13)6-10(8)12(14,15)16/h4-6H,2-3,7H2,1H3,(H,17,18). The first kappa shape index (κ1) is 15.0. The molecule has 0 radical (unpaired) electrons. The van der Waals surface area contributed by atoms with Gasteiger partial charge in [0, 0.05) is 17.4 Å². The molecule has 0 aliphatic carbocycles. The molecule has 0 spiro atoms. The molecule has 0 aromatic heterocycles. The summed E-state index contributed by atoms with van der Waals surface area (Å²) in [6.45, 7) is 1.72. The van der Waals surface area contributed by atoms with Gasteiger partial charge in [0.05, 0.1) is 5.56 Å². The number of halogens is 4. The molecule has 0 atom stereocenters. The van der Waals surface area contributed by atoms with Gasteiger partial charge >= 0.3 is 6.18 Å². The lowest BCUT2D eigenvalue weighted by Gasteiger charge is -2.13. The highest BCUT2D eigenvalue weighted by atomic mass is 79.9. The monoisotopic (exact) mass is 323 g/mol. The fourth-order valence-electron chi connectivity index (χ4n) is 1.48. The van der Waals surface area contributed by atoms with E-state index in [4.69, 9.17) is 0 Å². The predicted molar refractivity (Wildman–Crippen MR) is 65.9 cm³/mol. The normalized spacial score (nSPS) is 11.4. The Balaban J connectivity index is 2.85. The van der Waals surface area contributed by atoms with Crippen LogP contribution < -0.4 is 5.32 Å². The van der Waals surface area contributed by atoms with E-state index in [0.717, 1.165) is 6.07 Å². The number of carbonyl (C=O) groups excluding carboxylic acids is 1. The van der Waals surface area contributed by atoms with Crippen molar-refractivity contribution in [1.29, 1.82) is 0 Å². The maximum Gasteiger partial charge on any atom is 0.416 e. The van der Waals surface area contributed by atoms with Gasteiger partial charge in [0.15, 0.2) is 0 Å². The van der Waals surface area contributed by atoms with Crippen molar-refractivity contribution in [2.24, 2.45) is 0 Å². The van der Waals surface area contributed by atoms with Gasteiger partial charge in [-0.3, -0.25) is 4.79 Å². The number of rotatable bonds is 4. The molecule has 0 fully saturated rings. The molecule has 18 heavy (non-hydrogen) atoms. The second-order valence-electron chi connectivity index (χ2n) is 3.83. The molecular weight excluding hydrogens is 311 g/mol. The van der Waals surface area contributed by atoms with Crippen molar-refractivity contribution in [3.05, 3.63) is 33.8 Å². The van der Waals surface area contributed by atoms with Gasteiger partial charge in [0.25, 0.3) is 0 Å². The molecule has 1 aromatic carbocycles. The van der Waals surface area contributed by atoms with Crippen molar-refractivity contribution >= 4 is 21.8 Å². The highest BCUT2D eigenvalue weighted by molar-refractivity contribution is 9.10. The molecule has 0 aliphatic rings. The number of nitrogens with one attached hydrogen (secondary N) is 1. The molecule has 0 saturated heterocycles. The quantitative estimate of drug-likeness (QED) is 0.895. The molecule has 0 bridgehead atoms. The Morgan fingerprint density at radius 1 is 1.39 bits per heavy atom. The first-order valence-electron chi connectivity index (χ1n) is 5.47. The molecule has 1 rings (SSSR count). The molecule has 6 heteroatoms. The van der Waals surface area contributed by atoms with Crippen molar-refractivity contribution in [3.8, 4) is 0 Å². The maximum absolute atomic E-state index is 12.8. The molecule has 100 valence electrons. The van der Waals surface area contributed by atoms with Crippen molar-refractivity contribution in [2.75, 3.05) is 0 Å². The average molecular weight is 324 g/mol. The van der Waals surface area contributed by atoms with Crippen molar-refractivity contribution in [1.82, 2.24) is 5.32 Å². The van der Waals surface area contributed by atoms with Gasteiger partial charge < -0.3 is 5.32 Å². The average Bonchev–Trinajstić information content (AvgIpc) is 2.26. The number of benzene rings is 1. The topological polar surface area (TPSA) is 29.1 Å². The van der Waals surface area contributed by atoms with Crippen LogP contribution in [0.25, 0.3) is 0 Å². The van der Waals surface area contributed by atoms with Gasteiger partial charge in [0.2, 0.25) is 5.91 Å². The zero-order valence-electron chi connectivity index (χ0n) is 9.77. The number of carbonyl (C=O) groups is 1. The number of amides is 1. The van der Waals surface area contributed by atoms with Gasteiger partial charge in [-0.1, -0.05) is 28.9 Å². The van der Waals surface area contributed by atoms with E-state index in [9.17, 15) is 18.0 Å². The van der Waals surface area contributed by atoms with Gasteiger partial charge in [-0.15, -0.1) is 0 Å². The van der Waals surface area contributed by atoms with Crippen LogP contribution in [-0.2, 0) is 17.5 Å². The first-order valence-corrected chi connectivity index (χ1v) is 6.26. The molecule has 1 aromatic rings. The van der Waals surface area contributed by atoms with E-state index in [1.807, 2.05) is 6.92 Å². The third-order valence-electron chi connectivity index (χ3n) is 2.33. The van der Waals surface area contributed by atoms with Crippen LogP contribution in [0.3, 0.4) is 0 Å². The molecule has 2 nitrogen and oxygen atoms in total. The Morgan fingerprint density at radius 3 is 2.61 bits per heavy atom. The maximum atomic E-state index is 12.8. The summed E-state index contributed by atoms with van der Waals surface area (Å²) in [6, 6.07) is 3.90. The SMILES string of the molecule is CCCC(=O)NCc1ccc(Br)cc1C(F)(F)F. The minimum absolute atomic E-state index is 0.0650. The van der Waals surface area contributed by atoms with Crippen molar-refractivity contribution < 1.29 is 18.0 Å². The number of hydrogen-bond donors (Lipinski definition) is 1. The molecular formula is C12H13BrF3NO. The molecule has 0 heterocycles. The van der Waals surface area contributed by atoms with E-state index < -0.39 is 11.7 Å². The number of alkyl halides is 3. The summed E-state index contributed by atoms with van der Waals surface area (Å²) in [5.41, 5.74) is -0.663. The van der Waals surface area contributed by atoms with E-state index >= 15 is 0 Å². The van der Waals surface area contributed by atoms with Crippen LogP contribution in [0.1, 0.15) is 30.9 Å². The Bertz CT molecular complexity index is 432. The van der Waals surface area contributed by atoms with Crippen LogP contribution in [0.4, 0.5) is 13.2 Å². The number of hydrogen-bond acceptors (Lipinski definition) is 1. The van der Waals surface area contributed by atoms with Crippen LogP contribution in [0.2, 0.25) is 0 Å². The van der Waals surface area contributed by atoms with E-state index in [2.05, 4.69) is 21.2 Å². The van der Waals surface area contributed by atoms with Crippen LogP contribution in [0.5, 0.6) is 0 Å². The highest BCUT2D eigenvalue weighted by Gasteiger charge is 2.33. The zero-order chi connectivity index (χ0) is 13.8. The van der Waals surface area contributed by atoms with E-state index in [0.29, 0.717) is 17.3 Å². The summed E-state index contributed by atoms with van der Waals surface area (Å²) in [4.78, 5) is 11.2. The van der Waals surface area contributed by atoms with E-state index in [-0.39, 0.29) is 18.0 Å². The van der Waals surface area contributed by atoms with Gasteiger partial charge in [-0.05, 0) is 24.1 Å².